The van der Waals surface area contributed by atoms with Gasteiger partial charge in [0, 0.05) is 18.4 Å². The highest BCUT2D eigenvalue weighted by molar-refractivity contribution is 7.93. The van der Waals surface area contributed by atoms with E-state index in [1.165, 1.54) is 4.31 Å². The minimum atomic E-state index is -3.32. The normalized spacial score (nSPS) is 15.4. The third-order valence-corrected chi connectivity index (χ3v) is 6.09. The highest BCUT2D eigenvalue weighted by Gasteiger charge is 2.28. The molecule has 2 amide bonds. The first kappa shape index (κ1) is 18.8. The van der Waals surface area contributed by atoms with Crippen LogP contribution in [0.3, 0.4) is 0 Å². The maximum atomic E-state index is 12.2. The second-order valence-electron chi connectivity index (χ2n) is 6.20. The van der Waals surface area contributed by atoms with E-state index in [1.807, 2.05) is 0 Å². The van der Waals surface area contributed by atoms with Crippen LogP contribution in [0.2, 0.25) is 0 Å². The quantitative estimate of drug-likeness (QED) is 0.765. The summed E-state index contributed by atoms with van der Waals surface area (Å²) in [5, 5.41) is 5.05. The Morgan fingerprint density at radius 2 is 2.00 bits per heavy atom. The number of anilines is 2. The number of benzene rings is 1. The van der Waals surface area contributed by atoms with E-state index in [-0.39, 0.29) is 12.3 Å². The average molecular weight is 388 g/mol. The number of carbonyl (C=O) groups excluding carboxylic acids is 2. The molecular formula is C18H20N4O4S. The summed E-state index contributed by atoms with van der Waals surface area (Å²) in [5.41, 5.74) is 2.23. The van der Waals surface area contributed by atoms with Crippen molar-refractivity contribution in [2.24, 2.45) is 0 Å². The number of sulfonamides is 1. The molecule has 2 N–H and O–H groups in total. The lowest BCUT2D eigenvalue weighted by Gasteiger charge is -2.19. The van der Waals surface area contributed by atoms with E-state index in [2.05, 4.69) is 15.6 Å². The van der Waals surface area contributed by atoms with Crippen molar-refractivity contribution in [3.05, 3.63) is 53.9 Å². The van der Waals surface area contributed by atoms with Crippen LogP contribution in [-0.2, 0) is 26.2 Å². The van der Waals surface area contributed by atoms with E-state index in [9.17, 15) is 18.0 Å². The Bertz CT molecular complexity index is 961. The van der Waals surface area contributed by atoms with Crippen LogP contribution < -0.4 is 14.9 Å². The molecule has 1 aromatic carbocycles. The second-order valence-corrected chi connectivity index (χ2v) is 8.21. The molecule has 1 aromatic heterocycles. The lowest BCUT2D eigenvalue weighted by Crippen LogP contribution is -2.35. The molecular weight excluding hydrogens is 368 g/mol. The Morgan fingerprint density at radius 3 is 2.67 bits per heavy atom. The summed E-state index contributed by atoms with van der Waals surface area (Å²) < 4.78 is 25.5. The molecule has 0 unspecified atom stereocenters. The first-order valence-corrected chi connectivity index (χ1v) is 10.1. The van der Waals surface area contributed by atoms with Gasteiger partial charge in [-0.3, -0.25) is 18.9 Å². The molecule has 0 spiro atoms. The first-order chi connectivity index (χ1) is 12.9. The summed E-state index contributed by atoms with van der Waals surface area (Å²) in [6.45, 7) is 2.31. The number of aryl methyl sites for hydroxylation is 1. The van der Waals surface area contributed by atoms with Crippen LogP contribution in [0.1, 0.15) is 17.7 Å². The van der Waals surface area contributed by atoms with Crippen molar-refractivity contribution in [2.45, 2.75) is 19.9 Å². The predicted octanol–water partition coefficient (Wildman–Crippen LogP) is 1.18. The van der Waals surface area contributed by atoms with E-state index in [0.29, 0.717) is 30.0 Å². The summed E-state index contributed by atoms with van der Waals surface area (Å²) in [6.07, 6.45) is 2.16. The van der Waals surface area contributed by atoms with E-state index in [0.717, 1.165) is 5.56 Å². The number of hydrogen-bond donors (Lipinski definition) is 2. The molecule has 1 aliphatic heterocycles. The summed E-state index contributed by atoms with van der Waals surface area (Å²) in [5.74, 6) is -1.51. The van der Waals surface area contributed by atoms with Gasteiger partial charge >= 0.3 is 11.8 Å². The maximum Gasteiger partial charge on any atom is 0.313 e. The van der Waals surface area contributed by atoms with Crippen LogP contribution in [0.4, 0.5) is 11.4 Å². The van der Waals surface area contributed by atoms with Gasteiger partial charge in [0.2, 0.25) is 10.0 Å². The number of carbonyl (C=O) groups is 2. The molecule has 0 saturated carbocycles. The van der Waals surface area contributed by atoms with Gasteiger partial charge in [-0.2, -0.15) is 0 Å². The Labute approximate surface area is 157 Å². The van der Waals surface area contributed by atoms with Gasteiger partial charge in [-0.15, -0.1) is 0 Å². The van der Waals surface area contributed by atoms with Crippen molar-refractivity contribution in [3.63, 3.8) is 0 Å². The number of amides is 2. The lowest BCUT2D eigenvalue weighted by molar-refractivity contribution is -0.136. The molecule has 8 nitrogen and oxygen atoms in total. The number of nitrogens with zero attached hydrogens (tertiary/aromatic N) is 2. The highest BCUT2D eigenvalue weighted by atomic mass is 32.2. The third-order valence-electron chi connectivity index (χ3n) is 4.22. The second kappa shape index (κ2) is 7.75. The van der Waals surface area contributed by atoms with E-state index in [4.69, 9.17) is 0 Å². The number of hydrogen-bond acceptors (Lipinski definition) is 5. The topological polar surface area (TPSA) is 108 Å². The van der Waals surface area contributed by atoms with Crippen molar-refractivity contribution in [3.8, 4) is 0 Å². The Balaban J connectivity index is 1.68. The molecule has 0 bridgehead atoms. The molecule has 0 radical (unpaired) electrons. The first-order valence-electron chi connectivity index (χ1n) is 8.47. The minimum Gasteiger partial charge on any atom is -0.342 e. The van der Waals surface area contributed by atoms with Crippen molar-refractivity contribution >= 4 is 33.2 Å². The smallest absolute Gasteiger partial charge is 0.313 e. The van der Waals surface area contributed by atoms with Gasteiger partial charge < -0.3 is 10.6 Å². The summed E-state index contributed by atoms with van der Waals surface area (Å²) in [7, 11) is -3.32. The van der Waals surface area contributed by atoms with Crippen LogP contribution >= 0.6 is 0 Å². The van der Waals surface area contributed by atoms with Crippen LogP contribution in [-0.4, -0.2) is 37.5 Å². The van der Waals surface area contributed by atoms with Crippen molar-refractivity contribution < 1.29 is 18.0 Å². The number of nitrogens with one attached hydrogen (secondary N) is 2. The zero-order valence-electron chi connectivity index (χ0n) is 14.8. The van der Waals surface area contributed by atoms with Crippen LogP contribution in [0.25, 0.3) is 0 Å². The number of pyridine rings is 1. The summed E-state index contributed by atoms with van der Waals surface area (Å²) >= 11 is 0. The van der Waals surface area contributed by atoms with Crippen molar-refractivity contribution in [1.82, 2.24) is 10.3 Å². The Kier molecular flexibility index (Phi) is 5.41. The molecule has 1 fully saturated rings. The van der Waals surface area contributed by atoms with Gasteiger partial charge in [-0.1, -0.05) is 12.1 Å². The SMILES string of the molecule is Cc1ccc(N2CCCS2(=O)=O)cc1NC(=O)C(=O)NCc1ccccn1. The van der Waals surface area contributed by atoms with Crippen molar-refractivity contribution in [2.75, 3.05) is 21.9 Å². The van der Waals surface area contributed by atoms with Gasteiger partial charge in [0.15, 0.2) is 0 Å². The van der Waals surface area contributed by atoms with Gasteiger partial charge in [0.05, 0.1) is 23.7 Å². The zero-order valence-corrected chi connectivity index (χ0v) is 15.6. The fraction of sp³-hybridized carbons (Fsp3) is 0.278. The highest BCUT2D eigenvalue weighted by Crippen LogP contribution is 2.28. The minimum absolute atomic E-state index is 0.110. The monoisotopic (exact) mass is 388 g/mol. The average Bonchev–Trinajstić information content (AvgIpc) is 3.01. The molecule has 142 valence electrons. The molecule has 3 rings (SSSR count). The molecule has 0 aliphatic carbocycles. The van der Waals surface area contributed by atoms with Crippen LogP contribution in [0.5, 0.6) is 0 Å². The van der Waals surface area contributed by atoms with Gasteiger partial charge in [0.1, 0.15) is 0 Å². The zero-order chi connectivity index (χ0) is 19.4. The number of aromatic nitrogens is 1. The molecule has 2 aromatic rings. The third kappa shape index (κ3) is 4.43. The molecule has 1 saturated heterocycles. The largest absolute Gasteiger partial charge is 0.342 e. The molecule has 9 heteroatoms. The van der Waals surface area contributed by atoms with E-state index < -0.39 is 21.8 Å². The fourth-order valence-corrected chi connectivity index (χ4v) is 4.32. The summed E-state index contributed by atoms with van der Waals surface area (Å²) in [6, 6.07) is 10.3. The van der Waals surface area contributed by atoms with E-state index >= 15 is 0 Å². The number of rotatable bonds is 4. The summed E-state index contributed by atoms with van der Waals surface area (Å²) in [4.78, 5) is 28.3. The lowest BCUT2D eigenvalue weighted by atomic mass is 10.1. The standard InChI is InChI=1S/C18H20N4O4S/c1-13-6-7-15(22-9-4-10-27(22,25)26)11-16(13)21-18(24)17(23)20-12-14-5-2-3-8-19-14/h2-3,5-8,11H,4,9-10,12H2,1H3,(H,20,23)(H,21,24). The molecule has 0 atom stereocenters. The predicted molar refractivity (Wildman–Crippen MR) is 102 cm³/mol. The molecule has 2 heterocycles. The van der Waals surface area contributed by atoms with Gasteiger partial charge in [-0.25, -0.2) is 8.42 Å². The van der Waals surface area contributed by atoms with Crippen LogP contribution in [0.15, 0.2) is 42.6 Å². The van der Waals surface area contributed by atoms with Gasteiger partial charge in [-0.05, 0) is 43.2 Å². The molecule has 27 heavy (non-hydrogen) atoms. The Morgan fingerprint density at radius 1 is 1.19 bits per heavy atom. The van der Waals surface area contributed by atoms with Crippen LogP contribution in [0, 0.1) is 6.92 Å². The Hall–Kier alpha value is -2.94. The fourth-order valence-electron chi connectivity index (χ4n) is 2.76. The molecule has 1 aliphatic rings. The maximum absolute atomic E-state index is 12.2. The van der Waals surface area contributed by atoms with Crippen molar-refractivity contribution in [1.29, 1.82) is 0 Å². The van der Waals surface area contributed by atoms with E-state index in [1.54, 1.807) is 49.5 Å². The van der Waals surface area contributed by atoms with Gasteiger partial charge in [0.25, 0.3) is 0 Å².